The van der Waals surface area contributed by atoms with Gasteiger partial charge in [-0.25, -0.2) is 8.78 Å². The van der Waals surface area contributed by atoms with Crippen molar-refractivity contribution >= 4 is 34.7 Å². The number of nitrogens with one attached hydrogen (secondary N) is 1. The molecule has 5 nitrogen and oxygen atoms in total. The molecule has 0 spiro atoms. The maximum Gasteiger partial charge on any atom is 0.234 e. The van der Waals surface area contributed by atoms with E-state index >= 15 is 0 Å². The van der Waals surface area contributed by atoms with Gasteiger partial charge in [-0.1, -0.05) is 25.1 Å². The van der Waals surface area contributed by atoms with Crippen LogP contribution in [0.1, 0.15) is 30.2 Å². The highest BCUT2D eigenvalue weighted by Crippen LogP contribution is 2.38. The van der Waals surface area contributed by atoms with Gasteiger partial charge in [0.15, 0.2) is 11.0 Å². The third-order valence-corrected chi connectivity index (χ3v) is 7.61. The van der Waals surface area contributed by atoms with Gasteiger partial charge in [-0.05, 0) is 48.9 Å². The standard InChI is InChI=1S/C21H22F2N4OS2/c1-3-12-4-7-17-13(8-12)9-18(30-17)20-25-26-21(27(20)2)29-11-19(28)24-16-10-14(22)5-6-15(16)23/h5-6,9-10,12H,3-4,7-8,11H2,1-2H3,(H,24,28). The van der Waals surface area contributed by atoms with Crippen LogP contribution in [0.25, 0.3) is 10.7 Å². The number of aromatic nitrogens is 3. The SMILES string of the molecule is CCC1CCc2sc(-c3nnc(SCC(=O)Nc4cc(F)ccc4F)n3C)cc2C1. The summed E-state index contributed by atoms with van der Waals surface area (Å²) in [5.74, 6) is -0.176. The largest absolute Gasteiger partial charge is 0.323 e. The number of rotatable bonds is 6. The van der Waals surface area contributed by atoms with Gasteiger partial charge in [-0.2, -0.15) is 0 Å². The zero-order chi connectivity index (χ0) is 21.3. The second kappa shape index (κ2) is 8.85. The minimum atomic E-state index is -0.678. The van der Waals surface area contributed by atoms with E-state index in [2.05, 4.69) is 28.5 Å². The normalized spacial score (nSPS) is 15.8. The van der Waals surface area contributed by atoms with Crippen molar-refractivity contribution in [1.82, 2.24) is 14.8 Å². The van der Waals surface area contributed by atoms with Gasteiger partial charge in [0.25, 0.3) is 0 Å². The van der Waals surface area contributed by atoms with Crippen LogP contribution >= 0.6 is 23.1 Å². The molecule has 2 heterocycles. The smallest absolute Gasteiger partial charge is 0.234 e. The molecule has 1 amide bonds. The topological polar surface area (TPSA) is 59.8 Å². The molecule has 0 radical (unpaired) electrons. The van der Waals surface area contributed by atoms with Crippen molar-refractivity contribution in [3.05, 3.63) is 46.3 Å². The number of halogens is 2. The van der Waals surface area contributed by atoms with Crippen LogP contribution in [0.5, 0.6) is 0 Å². The number of carbonyl (C=O) groups excluding carboxylic acids is 1. The van der Waals surface area contributed by atoms with Gasteiger partial charge in [0.2, 0.25) is 5.91 Å². The summed E-state index contributed by atoms with van der Waals surface area (Å²) in [6.07, 6.45) is 4.69. The molecule has 3 aromatic rings. The lowest BCUT2D eigenvalue weighted by molar-refractivity contribution is -0.113. The van der Waals surface area contributed by atoms with Gasteiger partial charge < -0.3 is 9.88 Å². The van der Waals surface area contributed by atoms with E-state index in [1.54, 1.807) is 11.3 Å². The Balaban J connectivity index is 1.42. The van der Waals surface area contributed by atoms with Crippen molar-refractivity contribution in [3.8, 4) is 10.7 Å². The summed E-state index contributed by atoms with van der Waals surface area (Å²) < 4.78 is 28.8. The van der Waals surface area contributed by atoms with Crippen LogP contribution in [0.2, 0.25) is 0 Å². The predicted octanol–water partition coefficient (Wildman–Crippen LogP) is 5.07. The van der Waals surface area contributed by atoms with E-state index in [0.717, 1.165) is 47.7 Å². The first-order valence-electron chi connectivity index (χ1n) is 9.83. The average Bonchev–Trinajstić information content (AvgIpc) is 3.31. The summed E-state index contributed by atoms with van der Waals surface area (Å²) in [5.41, 5.74) is 1.25. The molecular formula is C21H22F2N4OS2. The van der Waals surface area contributed by atoms with E-state index in [1.165, 1.54) is 35.0 Å². The number of benzene rings is 1. The third kappa shape index (κ3) is 4.41. The highest BCUT2D eigenvalue weighted by Gasteiger charge is 2.22. The molecule has 1 N–H and O–H groups in total. The summed E-state index contributed by atoms with van der Waals surface area (Å²) >= 11 is 2.97. The average molecular weight is 449 g/mol. The Hall–Kier alpha value is -2.26. The van der Waals surface area contributed by atoms with Crippen LogP contribution in [-0.4, -0.2) is 26.4 Å². The lowest BCUT2D eigenvalue weighted by atomic mass is 9.87. The Morgan fingerprint density at radius 3 is 2.97 bits per heavy atom. The Bertz CT molecular complexity index is 1080. The Morgan fingerprint density at radius 1 is 1.33 bits per heavy atom. The number of hydrogen-bond donors (Lipinski definition) is 1. The molecule has 9 heteroatoms. The van der Waals surface area contributed by atoms with Crippen LogP contribution in [0.4, 0.5) is 14.5 Å². The van der Waals surface area contributed by atoms with Crippen LogP contribution in [0.15, 0.2) is 29.4 Å². The van der Waals surface area contributed by atoms with Gasteiger partial charge in [0, 0.05) is 18.0 Å². The number of nitrogens with zero attached hydrogens (tertiary/aromatic N) is 3. The molecule has 0 saturated heterocycles. The molecule has 0 fully saturated rings. The van der Waals surface area contributed by atoms with Crippen LogP contribution in [0, 0.1) is 17.6 Å². The van der Waals surface area contributed by atoms with Crippen molar-refractivity contribution < 1.29 is 13.6 Å². The van der Waals surface area contributed by atoms with E-state index in [1.807, 2.05) is 11.6 Å². The Labute approximate surface area is 181 Å². The van der Waals surface area contributed by atoms with E-state index < -0.39 is 17.5 Å². The first-order valence-corrected chi connectivity index (χ1v) is 11.6. The van der Waals surface area contributed by atoms with Crippen molar-refractivity contribution in [3.63, 3.8) is 0 Å². The molecule has 1 aliphatic carbocycles. The maximum absolute atomic E-state index is 13.7. The highest BCUT2D eigenvalue weighted by molar-refractivity contribution is 7.99. The van der Waals surface area contributed by atoms with Gasteiger partial charge in [-0.3, -0.25) is 4.79 Å². The van der Waals surface area contributed by atoms with Crippen molar-refractivity contribution in [2.45, 2.75) is 37.8 Å². The zero-order valence-electron chi connectivity index (χ0n) is 16.7. The molecule has 0 aliphatic heterocycles. The molecule has 0 saturated carbocycles. The lowest BCUT2D eigenvalue weighted by Gasteiger charge is -2.19. The number of amides is 1. The maximum atomic E-state index is 13.7. The second-order valence-corrected chi connectivity index (χ2v) is 9.48. The van der Waals surface area contributed by atoms with Crippen LogP contribution < -0.4 is 5.32 Å². The number of hydrogen-bond acceptors (Lipinski definition) is 5. The molecule has 30 heavy (non-hydrogen) atoms. The second-order valence-electron chi connectivity index (χ2n) is 7.40. The van der Waals surface area contributed by atoms with Crippen LogP contribution in [0.3, 0.4) is 0 Å². The fraction of sp³-hybridized carbons (Fsp3) is 0.381. The quantitative estimate of drug-likeness (QED) is 0.535. The predicted molar refractivity (Wildman–Crippen MR) is 116 cm³/mol. The summed E-state index contributed by atoms with van der Waals surface area (Å²) in [6.45, 7) is 2.24. The van der Waals surface area contributed by atoms with Crippen molar-refractivity contribution in [2.75, 3.05) is 11.1 Å². The first kappa shape index (κ1) is 21.0. The minimum Gasteiger partial charge on any atom is -0.323 e. The minimum absolute atomic E-state index is 0.0149. The van der Waals surface area contributed by atoms with Gasteiger partial charge in [0.1, 0.15) is 11.6 Å². The molecule has 158 valence electrons. The van der Waals surface area contributed by atoms with Crippen molar-refractivity contribution in [2.24, 2.45) is 13.0 Å². The molecular weight excluding hydrogens is 426 g/mol. The molecule has 1 aliphatic rings. The van der Waals surface area contributed by atoms with Crippen molar-refractivity contribution in [1.29, 1.82) is 0 Å². The van der Waals surface area contributed by atoms with Gasteiger partial charge >= 0.3 is 0 Å². The molecule has 1 aromatic carbocycles. The Morgan fingerprint density at radius 2 is 2.17 bits per heavy atom. The number of aryl methyl sites for hydroxylation is 1. The summed E-state index contributed by atoms with van der Waals surface area (Å²) in [4.78, 5) is 14.7. The molecule has 2 aromatic heterocycles. The zero-order valence-corrected chi connectivity index (χ0v) is 18.4. The fourth-order valence-electron chi connectivity index (χ4n) is 3.62. The first-order chi connectivity index (χ1) is 14.4. The summed E-state index contributed by atoms with van der Waals surface area (Å²) in [7, 11) is 1.87. The number of thioether (sulfide) groups is 1. The molecule has 1 atom stereocenters. The van der Waals surface area contributed by atoms with Crippen LogP contribution in [-0.2, 0) is 24.7 Å². The number of fused-ring (bicyclic) bond motifs is 1. The lowest BCUT2D eigenvalue weighted by Crippen LogP contribution is -2.15. The molecule has 1 unspecified atom stereocenters. The van der Waals surface area contributed by atoms with E-state index in [-0.39, 0.29) is 11.4 Å². The fourth-order valence-corrected chi connectivity index (χ4v) is 5.56. The molecule has 0 bridgehead atoms. The van der Waals surface area contributed by atoms with E-state index in [0.29, 0.717) is 5.16 Å². The highest BCUT2D eigenvalue weighted by atomic mass is 32.2. The third-order valence-electron chi connectivity index (χ3n) is 5.35. The monoisotopic (exact) mass is 448 g/mol. The van der Waals surface area contributed by atoms with Gasteiger partial charge in [-0.15, -0.1) is 21.5 Å². The summed E-state index contributed by atoms with van der Waals surface area (Å²) in [5, 5.41) is 11.5. The van der Waals surface area contributed by atoms with Gasteiger partial charge in [0.05, 0.1) is 16.3 Å². The Kier molecular flexibility index (Phi) is 6.19. The number of carbonyl (C=O) groups is 1. The molecule has 4 rings (SSSR count). The number of anilines is 1. The van der Waals surface area contributed by atoms with E-state index in [4.69, 9.17) is 0 Å². The number of thiophene rings is 1. The summed E-state index contributed by atoms with van der Waals surface area (Å²) in [6, 6.07) is 5.17. The van der Waals surface area contributed by atoms with E-state index in [9.17, 15) is 13.6 Å².